The van der Waals surface area contributed by atoms with Crippen LogP contribution in [0.1, 0.15) is 37.8 Å². The van der Waals surface area contributed by atoms with Gasteiger partial charge < -0.3 is 5.11 Å². The summed E-state index contributed by atoms with van der Waals surface area (Å²) in [6.07, 6.45) is 1.11. The molecule has 0 amide bonds. The molecule has 2 atom stereocenters. The summed E-state index contributed by atoms with van der Waals surface area (Å²) in [4.78, 5) is 5.23. The van der Waals surface area contributed by atoms with Gasteiger partial charge in [-0.15, -0.1) is 11.3 Å². The van der Waals surface area contributed by atoms with E-state index < -0.39 is 5.60 Å². The Kier molecular flexibility index (Phi) is 2.02. The fourth-order valence-electron chi connectivity index (χ4n) is 2.37. The fraction of sp³-hybridized carbons (Fsp3) is 0.727. The van der Waals surface area contributed by atoms with Crippen LogP contribution in [-0.2, 0) is 5.60 Å². The van der Waals surface area contributed by atoms with Gasteiger partial charge in [-0.2, -0.15) is 0 Å². The second-order valence-electron chi connectivity index (χ2n) is 5.16. The van der Waals surface area contributed by atoms with E-state index in [-0.39, 0.29) is 0 Å². The van der Waals surface area contributed by atoms with E-state index in [1.165, 1.54) is 0 Å². The molecule has 0 saturated heterocycles. The molecule has 1 fully saturated rings. The maximum atomic E-state index is 10.5. The topological polar surface area (TPSA) is 33.1 Å². The highest BCUT2D eigenvalue weighted by Crippen LogP contribution is 2.60. The standard InChI is InChI=1S/C11H17NOS/c1-7-9(14-6-12-7)11(4,13)8-5-10(8,2)3/h6,8,13H,5H2,1-4H3. The van der Waals surface area contributed by atoms with E-state index in [9.17, 15) is 5.11 Å². The predicted octanol–water partition coefficient (Wildman–Crippen LogP) is 2.71. The van der Waals surface area contributed by atoms with Gasteiger partial charge in [-0.05, 0) is 31.6 Å². The molecule has 1 N–H and O–H groups in total. The minimum atomic E-state index is -0.686. The van der Waals surface area contributed by atoms with E-state index in [0.29, 0.717) is 11.3 Å². The van der Waals surface area contributed by atoms with Crippen molar-refractivity contribution in [3.63, 3.8) is 0 Å². The Morgan fingerprint density at radius 3 is 2.57 bits per heavy atom. The Labute approximate surface area is 89.0 Å². The van der Waals surface area contributed by atoms with Crippen LogP contribution < -0.4 is 0 Å². The molecule has 2 rings (SSSR count). The van der Waals surface area contributed by atoms with Crippen LogP contribution >= 0.6 is 11.3 Å². The van der Waals surface area contributed by atoms with Crippen molar-refractivity contribution in [2.24, 2.45) is 11.3 Å². The van der Waals surface area contributed by atoms with Crippen molar-refractivity contribution in [1.82, 2.24) is 4.98 Å². The zero-order valence-corrected chi connectivity index (χ0v) is 9.98. The molecule has 1 aliphatic carbocycles. The van der Waals surface area contributed by atoms with Crippen LogP contribution in [0, 0.1) is 18.3 Å². The number of nitrogens with zero attached hydrogens (tertiary/aromatic N) is 1. The Morgan fingerprint density at radius 2 is 2.21 bits per heavy atom. The van der Waals surface area contributed by atoms with Crippen molar-refractivity contribution >= 4 is 11.3 Å². The summed E-state index contributed by atoms with van der Waals surface area (Å²) in [6, 6.07) is 0. The number of thiazole rings is 1. The monoisotopic (exact) mass is 211 g/mol. The molecule has 1 aromatic rings. The lowest BCUT2D eigenvalue weighted by Gasteiger charge is -2.24. The summed E-state index contributed by atoms with van der Waals surface area (Å²) in [5.74, 6) is 0.383. The molecule has 2 nitrogen and oxygen atoms in total. The van der Waals surface area contributed by atoms with E-state index in [4.69, 9.17) is 0 Å². The van der Waals surface area contributed by atoms with Crippen molar-refractivity contribution in [3.8, 4) is 0 Å². The van der Waals surface area contributed by atoms with Gasteiger partial charge in [0.2, 0.25) is 0 Å². The molecule has 0 aliphatic heterocycles. The van der Waals surface area contributed by atoms with Crippen LogP contribution in [0.2, 0.25) is 0 Å². The van der Waals surface area contributed by atoms with Gasteiger partial charge in [-0.25, -0.2) is 4.98 Å². The summed E-state index contributed by atoms with van der Waals surface area (Å²) < 4.78 is 0. The number of hydrogen-bond donors (Lipinski definition) is 1. The largest absolute Gasteiger partial charge is 0.384 e. The average molecular weight is 211 g/mol. The third-order valence-corrected chi connectivity index (χ3v) is 4.55. The second-order valence-corrected chi connectivity index (χ2v) is 6.01. The van der Waals surface area contributed by atoms with Crippen LogP contribution in [0.25, 0.3) is 0 Å². The minimum Gasteiger partial charge on any atom is -0.384 e. The summed E-state index contributed by atoms with van der Waals surface area (Å²) in [5, 5.41) is 10.5. The van der Waals surface area contributed by atoms with Crippen LogP contribution in [0.5, 0.6) is 0 Å². The van der Waals surface area contributed by atoms with E-state index in [1.807, 2.05) is 19.4 Å². The van der Waals surface area contributed by atoms with Gasteiger partial charge in [0.15, 0.2) is 0 Å². The third-order valence-electron chi connectivity index (χ3n) is 3.40. The smallest absolute Gasteiger partial charge is 0.101 e. The molecule has 3 heteroatoms. The van der Waals surface area contributed by atoms with Crippen LogP contribution in [0.4, 0.5) is 0 Å². The number of aryl methyl sites for hydroxylation is 1. The quantitative estimate of drug-likeness (QED) is 0.816. The van der Waals surface area contributed by atoms with Crippen LogP contribution in [0.15, 0.2) is 5.51 Å². The summed E-state index contributed by atoms with van der Waals surface area (Å²) in [5.41, 5.74) is 2.39. The highest BCUT2D eigenvalue weighted by Gasteiger charge is 2.56. The molecule has 0 bridgehead atoms. The van der Waals surface area contributed by atoms with Crippen molar-refractivity contribution < 1.29 is 5.11 Å². The first-order valence-electron chi connectivity index (χ1n) is 4.98. The summed E-state index contributed by atoms with van der Waals surface area (Å²) >= 11 is 1.56. The van der Waals surface area contributed by atoms with Gasteiger partial charge in [-0.1, -0.05) is 13.8 Å². The molecular weight excluding hydrogens is 194 g/mol. The van der Waals surface area contributed by atoms with E-state index in [2.05, 4.69) is 18.8 Å². The zero-order chi connectivity index (χ0) is 10.6. The molecular formula is C11H17NOS. The first-order chi connectivity index (χ1) is 6.36. The molecule has 78 valence electrons. The van der Waals surface area contributed by atoms with E-state index in [0.717, 1.165) is 17.0 Å². The summed E-state index contributed by atoms with van der Waals surface area (Å²) in [7, 11) is 0. The third kappa shape index (κ3) is 1.39. The highest BCUT2D eigenvalue weighted by molar-refractivity contribution is 7.09. The number of hydrogen-bond acceptors (Lipinski definition) is 3. The molecule has 14 heavy (non-hydrogen) atoms. The van der Waals surface area contributed by atoms with Crippen LogP contribution in [-0.4, -0.2) is 10.1 Å². The van der Waals surface area contributed by atoms with Crippen molar-refractivity contribution in [3.05, 3.63) is 16.1 Å². The molecule has 1 saturated carbocycles. The maximum absolute atomic E-state index is 10.5. The zero-order valence-electron chi connectivity index (χ0n) is 9.16. The van der Waals surface area contributed by atoms with E-state index in [1.54, 1.807) is 11.3 Å². The lowest BCUT2D eigenvalue weighted by molar-refractivity contribution is 0.0238. The van der Waals surface area contributed by atoms with Gasteiger partial charge >= 0.3 is 0 Å². The van der Waals surface area contributed by atoms with Crippen molar-refractivity contribution in [2.75, 3.05) is 0 Å². The van der Waals surface area contributed by atoms with Crippen molar-refractivity contribution in [2.45, 2.75) is 39.7 Å². The summed E-state index contributed by atoms with van der Waals surface area (Å²) in [6.45, 7) is 8.31. The number of rotatable bonds is 2. The SMILES string of the molecule is Cc1ncsc1C(C)(O)C1CC1(C)C. The second kappa shape index (κ2) is 2.80. The molecule has 1 heterocycles. The molecule has 0 aromatic carbocycles. The Hall–Kier alpha value is -0.410. The maximum Gasteiger partial charge on any atom is 0.101 e. The Morgan fingerprint density at radius 1 is 1.64 bits per heavy atom. The Bertz CT molecular complexity index is 354. The molecule has 0 radical (unpaired) electrons. The van der Waals surface area contributed by atoms with Gasteiger partial charge in [0, 0.05) is 0 Å². The molecule has 1 aliphatic rings. The highest BCUT2D eigenvalue weighted by atomic mass is 32.1. The molecule has 2 unspecified atom stereocenters. The van der Waals surface area contributed by atoms with Gasteiger partial charge in [0.05, 0.1) is 16.1 Å². The van der Waals surface area contributed by atoms with Crippen LogP contribution in [0.3, 0.4) is 0 Å². The fourth-order valence-corrected chi connectivity index (χ4v) is 3.29. The first-order valence-corrected chi connectivity index (χ1v) is 5.86. The minimum absolute atomic E-state index is 0.292. The van der Waals surface area contributed by atoms with Gasteiger partial charge in [-0.3, -0.25) is 0 Å². The normalized spacial score (nSPS) is 28.5. The Balaban J connectivity index is 2.30. The van der Waals surface area contributed by atoms with Gasteiger partial charge in [0.1, 0.15) is 5.60 Å². The average Bonchev–Trinajstić information content (AvgIpc) is 2.52. The number of aliphatic hydroxyl groups is 1. The lowest BCUT2D eigenvalue weighted by atomic mass is 9.92. The first kappa shape index (κ1) is 10.1. The van der Waals surface area contributed by atoms with E-state index >= 15 is 0 Å². The number of aromatic nitrogens is 1. The van der Waals surface area contributed by atoms with Crippen molar-refractivity contribution in [1.29, 1.82) is 0 Å². The predicted molar refractivity (Wildman–Crippen MR) is 58.3 cm³/mol. The lowest BCUT2D eigenvalue weighted by Crippen LogP contribution is -2.26. The molecule has 0 spiro atoms. The van der Waals surface area contributed by atoms with Gasteiger partial charge in [0.25, 0.3) is 0 Å². The molecule has 1 aromatic heterocycles.